The summed E-state index contributed by atoms with van der Waals surface area (Å²) in [7, 11) is 0. The third kappa shape index (κ3) is 3.78. The fourth-order valence-corrected chi connectivity index (χ4v) is 3.76. The van der Waals surface area contributed by atoms with Gasteiger partial charge in [-0.2, -0.15) is 0 Å². The van der Waals surface area contributed by atoms with E-state index < -0.39 is 0 Å². The number of pyridine rings is 1. The Labute approximate surface area is 157 Å². The molecule has 1 aliphatic rings. The third-order valence-electron chi connectivity index (χ3n) is 5.18. The lowest BCUT2D eigenvalue weighted by Gasteiger charge is -2.32. The summed E-state index contributed by atoms with van der Waals surface area (Å²) in [6.07, 6.45) is 5.08. The number of imidazole rings is 1. The van der Waals surface area contributed by atoms with Crippen LogP contribution in [0.15, 0.2) is 53.6 Å². The average molecular weight is 365 g/mol. The molecule has 7 nitrogen and oxygen atoms in total. The van der Waals surface area contributed by atoms with Gasteiger partial charge in [-0.3, -0.25) is 14.3 Å². The summed E-state index contributed by atoms with van der Waals surface area (Å²) in [6, 6.07) is 11.6. The number of rotatable bonds is 5. The smallest absolute Gasteiger partial charge is 0.326 e. The van der Waals surface area contributed by atoms with Crippen molar-refractivity contribution in [2.45, 2.75) is 18.9 Å². The molecule has 1 fully saturated rings. The van der Waals surface area contributed by atoms with Crippen LogP contribution in [0.3, 0.4) is 0 Å². The van der Waals surface area contributed by atoms with E-state index in [1.165, 1.54) is 0 Å². The van der Waals surface area contributed by atoms with Gasteiger partial charge in [0.2, 0.25) is 0 Å². The third-order valence-corrected chi connectivity index (χ3v) is 5.18. The molecule has 1 amide bonds. The van der Waals surface area contributed by atoms with Crippen molar-refractivity contribution in [1.29, 1.82) is 0 Å². The Morgan fingerprint density at radius 3 is 2.78 bits per heavy atom. The fraction of sp³-hybridized carbons (Fsp3) is 0.350. The number of H-pyrrole nitrogens is 1. The molecule has 0 unspecified atom stereocenters. The number of fused-ring (bicyclic) bond motifs is 1. The minimum atomic E-state index is -0.0941. The van der Waals surface area contributed by atoms with Gasteiger partial charge in [-0.1, -0.05) is 12.1 Å². The largest absolute Gasteiger partial charge is 0.351 e. The van der Waals surface area contributed by atoms with Gasteiger partial charge in [-0.05, 0) is 37.1 Å². The van der Waals surface area contributed by atoms with Gasteiger partial charge in [0.25, 0.3) is 5.91 Å². The number of carbonyl (C=O) groups is 1. The van der Waals surface area contributed by atoms with Crippen LogP contribution >= 0.6 is 0 Å². The molecule has 7 heteroatoms. The zero-order valence-electron chi connectivity index (χ0n) is 15.1. The Hall–Kier alpha value is -2.93. The van der Waals surface area contributed by atoms with Crippen molar-refractivity contribution in [2.24, 2.45) is 0 Å². The van der Waals surface area contributed by atoms with Gasteiger partial charge < -0.3 is 15.2 Å². The van der Waals surface area contributed by atoms with Gasteiger partial charge >= 0.3 is 5.69 Å². The molecule has 0 bridgehead atoms. The summed E-state index contributed by atoms with van der Waals surface area (Å²) in [4.78, 5) is 33.6. The number of hydrogen-bond donors (Lipinski definition) is 2. The highest BCUT2D eigenvalue weighted by molar-refractivity contribution is 5.93. The van der Waals surface area contributed by atoms with Crippen molar-refractivity contribution < 1.29 is 4.79 Å². The Morgan fingerprint density at radius 2 is 2.00 bits per heavy atom. The Kier molecular flexibility index (Phi) is 5.02. The molecule has 27 heavy (non-hydrogen) atoms. The molecule has 1 aliphatic heterocycles. The second kappa shape index (κ2) is 7.75. The minimum absolute atomic E-state index is 0.0293. The topological polar surface area (TPSA) is 83.0 Å². The highest BCUT2D eigenvalue weighted by Crippen LogP contribution is 2.24. The van der Waals surface area contributed by atoms with Crippen LogP contribution in [0.4, 0.5) is 0 Å². The summed E-state index contributed by atoms with van der Waals surface area (Å²) >= 11 is 0. The second-order valence-corrected chi connectivity index (χ2v) is 6.89. The Morgan fingerprint density at radius 1 is 1.19 bits per heavy atom. The van der Waals surface area contributed by atoms with E-state index in [1.54, 1.807) is 24.5 Å². The molecule has 3 heterocycles. The number of aromatic amines is 1. The SMILES string of the molecule is O=C(NCCN1CCC(n2c(=O)[nH]c3ccccc32)CC1)c1cccnc1. The predicted molar refractivity (Wildman–Crippen MR) is 104 cm³/mol. The number of hydrogen-bond acceptors (Lipinski definition) is 4. The number of carbonyl (C=O) groups excluding carboxylic acids is 1. The molecular weight excluding hydrogens is 342 g/mol. The lowest BCUT2D eigenvalue weighted by molar-refractivity contribution is 0.0944. The maximum Gasteiger partial charge on any atom is 0.326 e. The van der Waals surface area contributed by atoms with Gasteiger partial charge in [0.15, 0.2) is 0 Å². The van der Waals surface area contributed by atoms with E-state index in [0.717, 1.165) is 43.5 Å². The molecule has 3 aromatic rings. The first-order chi connectivity index (χ1) is 13.2. The molecule has 0 radical (unpaired) electrons. The molecule has 140 valence electrons. The summed E-state index contributed by atoms with van der Waals surface area (Å²) < 4.78 is 1.90. The summed E-state index contributed by atoms with van der Waals surface area (Å²) in [5, 5.41) is 2.94. The molecule has 1 aromatic carbocycles. The van der Waals surface area contributed by atoms with Gasteiger partial charge in [0.1, 0.15) is 0 Å². The van der Waals surface area contributed by atoms with Crippen LogP contribution in [0.25, 0.3) is 11.0 Å². The number of piperidine rings is 1. The molecule has 0 spiro atoms. The van der Waals surface area contributed by atoms with Gasteiger partial charge in [0.05, 0.1) is 16.6 Å². The summed E-state index contributed by atoms with van der Waals surface area (Å²) in [5.74, 6) is -0.0941. The molecule has 1 saturated heterocycles. The van der Waals surface area contributed by atoms with Crippen LogP contribution in [0, 0.1) is 0 Å². The van der Waals surface area contributed by atoms with Gasteiger partial charge in [0, 0.05) is 44.6 Å². The van der Waals surface area contributed by atoms with E-state index in [1.807, 2.05) is 28.8 Å². The highest BCUT2D eigenvalue weighted by atomic mass is 16.2. The zero-order valence-corrected chi connectivity index (χ0v) is 15.1. The molecule has 4 rings (SSSR count). The molecule has 0 saturated carbocycles. The number of para-hydroxylation sites is 2. The number of nitrogens with one attached hydrogen (secondary N) is 2. The number of nitrogens with zero attached hydrogens (tertiary/aromatic N) is 3. The Bertz CT molecular complexity index is 971. The fourth-order valence-electron chi connectivity index (χ4n) is 3.76. The lowest BCUT2D eigenvalue weighted by Crippen LogP contribution is -2.41. The standard InChI is InChI=1S/C20H23N5O2/c26-19(15-4-3-9-21-14-15)22-10-13-24-11-7-16(8-12-24)25-18-6-2-1-5-17(18)23-20(25)27/h1-6,9,14,16H,7-8,10-13H2,(H,22,26)(H,23,27). The van der Waals surface area contributed by atoms with E-state index in [2.05, 4.69) is 20.2 Å². The monoisotopic (exact) mass is 365 g/mol. The van der Waals surface area contributed by atoms with Crippen molar-refractivity contribution in [1.82, 2.24) is 24.8 Å². The highest BCUT2D eigenvalue weighted by Gasteiger charge is 2.23. The van der Waals surface area contributed by atoms with Gasteiger partial charge in [-0.15, -0.1) is 0 Å². The van der Waals surface area contributed by atoms with E-state index in [0.29, 0.717) is 12.1 Å². The van der Waals surface area contributed by atoms with E-state index in [9.17, 15) is 9.59 Å². The van der Waals surface area contributed by atoms with Crippen LogP contribution < -0.4 is 11.0 Å². The van der Waals surface area contributed by atoms with Crippen LogP contribution in [0.2, 0.25) is 0 Å². The zero-order chi connectivity index (χ0) is 18.6. The first-order valence-electron chi connectivity index (χ1n) is 9.32. The van der Waals surface area contributed by atoms with Crippen molar-refractivity contribution >= 4 is 16.9 Å². The van der Waals surface area contributed by atoms with Crippen molar-refractivity contribution in [3.63, 3.8) is 0 Å². The van der Waals surface area contributed by atoms with Crippen LogP contribution in [0.1, 0.15) is 29.2 Å². The molecule has 2 aromatic heterocycles. The maximum atomic E-state index is 12.3. The number of amides is 1. The molecular formula is C20H23N5O2. The van der Waals surface area contributed by atoms with E-state index in [-0.39, 0.29) is 17.6 Å². The van der Waals surface area contributed by atoms with Crippen molar-refractivity contribution in [2.75, 3.05) is 26.2 Å². The van der Waals surface area contributed by atoms with E-state index >= 15 is 0 Å². The van der Waals surface area contributed by atoms with E-state index in [4.69, 9.17) is 0 Å². The molecule has 2 N–H and O–H groups in total. The number of likely N-dealkylation sites (tertiary alicyclic amines) is 1. The van der Waals surface area contributed by atoms with Crippen LogP contribution in [-0.4, -0.2) is 51.5 Å². The molecule has 0 atom stereocenters. The van der Waals surface area contributed by atoms with Crippen LogP contribution in [-0.2, 0) is 0 Å². The minimum Gasteiger partial charge on any atom is -0.351 e. The maximum absolute atomic E-state index is 12.3. The first-order valence-corrected chi connectivity index (χ1v) is 9.32. The Balaban J connectivity index is 1.30. The molecule has 0 aliphatic carbocycles. The average Bonchev–Trinajstić information content (AvgIpc) is 3.05. The van der Waals surface area contributed by atoms with Gasteiger partial charge in [-0.25, -0.2) is 4.79 Å². The van der Waals surface area contributed by atoms with Crippen molar-refractivity contribution in [3.05, 3.63) is 64.8 Å². The summed E-state index contributed by atoms with van der Waals surface area (Å²) in [6.45, 7) is 3.24. The normalized spacial score (nSPS) is 15.9. The predicted octanol–water partition coefficient (Wildman–Crippen LogP) is 1.79. The summed E-state index contributed by atoms with van der Waals surface area (Å²) in [5.41, 5.74) is 2.42. The number of benzene rings is 1. The first kappa shape index (κ1) is 17.5. The quantitative estimate of drug-likeness (QED) is 0.722. The second-order valence-electron chi connectivity index (χ2n) is 6.89. The van der Waals surface area contributed by atoms with Crippen LogP contribution in [0.5, 0.6) is 0 Å². The lowest BCUT2D eigenvalue weighted by atomic mass is 10.0. The van der Waals surface area contributed by atoms with Crippen molar-refractivity contribution in [3.8, 4) is 0 Å². The number of aromatic nitrogens is 3.